The first-order valence-corrected chi connectivity index (χ1v) is 2.96. The zero-order valence-electron chi connectivity index (χ0n) is 6.19. The van der Waals surface area contributed by atoms with E-state index in [4.69, 9.17) is 34.4 Å². The highest BCUT2D eigenvalue weighted by atomic mass is 16.9. The van der Waals surface area contributed by atoms with E-state index in [2.05, 4.69) is 14.2 Å². The summed E-state index contributed by atoms with van der Waals surface area (Å²) in [6.07, 6.45) is 0. The molecule has 12 N–H and O–H groups in total. The molecule has 12 heavy (non-hydrogen) atoms. The Morgan fingerprint density at radius 2 is 0.667 bits per heavy atom. The SMILES string of the molecule is NC1(N)OC(N)(N)OC(N)(N)O1. The Kier molecular flexibility index (Phi) is 1.88. The van der Waals surface area contributed by atoms with Crippen LogP contribution in [0.5, 0.6) is 0 Å². The molecule has 1 fully saturated rings. The lowest BCUT2D eigenvalue weighted by molar-refractivity contribution is -0.504. The molecule has 1 heterocycles. The molecule has 0 radical (unpaired) electrons. The molecule has 9 heteroatoms. The Morgan fingerprint density at radius 1 is 0.500 bits per heavy atom. The highest BCUT2D eigenvalue weighted by Crippen LogP contribution is 2.20. The lowest BCUT2D eigenvalue weighted by Crippen LogP contribution is -2.79. The fraction of sp³-hybridized carbons (Fsp3) is 1.00. The lowest BCUT2D eigenvalue weighted by Gasteiger charge is -2.45. The van der Waals surface area contributed by atoms with Gasteiger partial charge >= 0.3 is 0 Å². The molecule has 0 bridgehead atoms. The molecule has 1 aliphatic heterocycles. The van der Waals surface area contributed by atoms with Crippen LogP contribution in [0.1, 0.15) is 0 Å². The van der Waals surface area contributed by atoms with Gasteiger partial charge in [-0.15, -0.1) is 0 Å². The summed E-state index contributed by atoms with van der Waals surface area (Å²) in [4.78, 5) is 0. The second-order valence-corrected chi connectivity index (χ2v) is 2.47. The maximum absolute atomic E-state index is 5.16. The number of rotatable bonds is 0. The number of nitrogens with two attached hydrogens (primary N) is 6. The van der Waals surface area contributed by atoms with Crippen molar-refractivity contribution in [2.75, 3.05) is 0 Å². The van der Waals surface area contributed by atoms with Crippen LogP contribution in [0.25, 0.3) is 0 Å². The highest BCUT2D eigenvalue weighted by Gasteiger charge is 2.49. The molecule has 0 unspecified atom stereocenters. The van der Waals surface area contributed by atoms with Crippen molar-refractivity contribution in [2.24, 2.45) is 34.4 Å². The van der Waals surface area contributed by atoms with Crippen molar-refractivity contribution >= 4 is 0 Å². The molecule has 1 aliphatic rings. The van der Waals surface area contributed by atoms with E-state index in [1.54, 1.807) is 0 Å². The van der Waals surface area contributed by atoms with E-state index in [0.29, 0.717) is 0 Å². The molecule has 0 saturated carbocycles. The maximum atomic E-state index is 5.16. The summed E-state index contributed by atoms with van der Waals surface area (Å²) < 4.78 is 13.5. The predicted molar refractivity (Wildman–Crippen MR) is 36.6 cm³/mol. The molecular weight excluding hydrogens is 168 g/mol. The number of hydrogen-bond acceptors (Lipinski definition) is 9. The molecule has 0 aliphatic carbocycles. The monoisotopic (exact) mass is 180 g/mol. The summed E-state index contributed by atoms with van der Waals surface area (Å²) in [5, 5.41) is 0. The standard InChI is InChI=1S/C3H12N6O3/c4-1(5)10-2(6,7)12-3(8,9)11-1/h4-9H2. The molecule has 1 rings (SSSR count). The first kappa shape index (κ1) is 9.73. The molecule has 0 aromatic rings. The third-order valence-electron chi connectivity index (χ3n) is 0.957. The second-order valence-electron chi connectivity index (χ2n) is 2.47. The van der Waals surface area contributed by atoms with Crippen LogP contribution in [0, 0.1) is 0 Å². The molecule has 0 amide bonds. The van der Waals surface area contributed by atoms with Gasteiger partial charge in [-0.3, -0.25) is 48.6 Å². The van der Waals surface area contributed by atoms with Gasteiger partial charge in [0.1, 0.15) is 0 Å². The lowest BCUT2D eigenvalue weighted by atomic mass is 10.7. The van der Waals surface area contributed by atoms with E-state index in [1.165, 1.54) is 0 Å². The normalized spacial score (nSPS) is 31.5. The van der Waals surface area contributed by atoms with E-state index in [0.717, 1.165) is 0 Å². The summed E-state index contributed by atoms with van der Waals surface area (Å²) in [6.45, 7) is 0. The third-order valence-corrected chi connectivity index (χ3v) is 0.957. The molecule has 72 valence electrons. The van der Waals surface area contributed by atoms with Crippen molar-refractivity contribution in [3.63, 3.8) is 0 Å². The van der Waals surface area contributed by atoms with Crippen LogP contribution in [0.4, 0.5) is 0 Å². The van der Waals surface area contributed by atoms with Crippen molar-refractivity contribution in [2.45, 2.75) is 18.1 Å². The molecule has 0 spiro atoms. The van der Waals surface area contributed by atoms with Gasteiger partial charge in [0.15, 0.2) is 0 Å². The summed E-state index contributed by atoms with van der Waals surface area (Å²) in [6, 6.07) is -6.23. The first-order valence-electron chi connectivity index (χ1n) is 2.96. The van der Waals surface area contributed by atoms with Crippen molar-refractivity contribution in [1.82, 2.24) is 0 Å². The van der Waals surface area contributed by atoms with Crippen molar-refractivity contribution < 1.29 is 14.2 Å². The minimum Gasteiger partial charge on any atom is -0.266 e. The molecule has 0 aromatic heterocycles. The first-order chi connectivity index (χ1) is 5.12. The molecule has 1 saturated heterocycles. The molecule has 0 aromatic carbocycles. The third kappa shape index (κ3) is 2.31. The van der Waals surface area contributed by atoms with Crippen LogP contribution in [0.3, 0.4) is 0 Å². The van der Waals surface area contributed by atoms with Gasteiger partial charge in [0.05, 0.1) is 0 Å². The fourth-order valence-electron chi connectivity index (χ4n) is 0.810. The number of ether oxygens (including phenoxy) is 3. The van der Waals surface area contributed by atoms with Crippen LogP contribution in [-0.4, -0.2) is 18.1 Å². The Bertz CT molecular complexity index is 145. The minimum absolute atomic E-state index is 2.08. The van der Waals surface area contributed by atoms with Gasteiger partial charge in [-0.25, -0.2) is 0 Å². The van der Waals surface area contributed by atoms with Crippen molar-refractivity contribution in [3.05, 3.63) is 0 Å². The Hall–Kier alpha value is -0.360. The summed E-state index contributed by atoms with van der Waals surface area (Å²) in [5.74, 6) is 0. The van der Waals surface area contributed by atoms with Crippen molar-refractivity contribution in [1.29, 1.82) is 0 Å². The van der Waals surface area contributed by atoms with Crippen LogP contribution < -0.4 is 34.4 Å². The predicted octanol–water partition coefficient (Wildman–Crippen LogP) is -4.36. The van der Waals surface area contributed by atoms with Gasteiger partial charge in [0.2, 0.25) is 0 Å². The van der Waals surface area contributed by atoms with Crippen LogP contribution in [0.2, 0.25) is 0 Å². The summed E-state index contributed by atoms with van der Waals surface area (Å²) in [7, 11) is 0. The van der Waals surface area contributed by atoms with Gasteiger partial charge in [-0.05, 0) is 0 Å². The van der Waals surface area contributed by atoms with Gasteiger partial charge in [0, 0.05) is 0 Å². The van der Waals surface area contributed by atoms with Crippen LogP contribution in [-0.2, 0) is 14.2 Å². The summed E-state index contributed by atoms with van der Waals surface area (Å²) in [5.41, 5.74) is 31.0. The van der Waals surface area contributed by atoms with Crippen LogP contribution in [0.15, 0.2) is 0 Å². The smallest absolute Gasteiger partial charge is 0.266 e. The average molecular weight is 180 g/mol. The Labute approximate surface area is 67.8 Å². The van der Waals surface area contributed by atoms with E-state index >= 15 is 0 Å². The van der Waals surface area contributed by atoms with E-state index in [1.807, 2.05) is 0 Å². The maximum Gasteiger partial charge on any atom is 0.295 e. The fourth-order valence-corrected chi connectivity index (χ4v) is 0.810. The second kappa shape index (κ2) is 2.32. The molecule has 9 nitrogen and oxygen atoms in total. The van der Waals surface area contributed by atoms with Gasteiger partial charge in [-0.1, -0.05) is 0 Å². The van der Waals surface area contributed by atoms with Gasteiger partial charge < -0.3 is 0 Å². The molecular formula is C3H12N6O3. The van der Waals surface area contributed by atoms with Gasteiger partial charge in [-0.2, -0.15) is 0 Å². The zero-order chi connectivity index (χ0) is 9.62. The van der Waals surface area contributed by atoms with E-state index < -0.39 is 18.1 Å². The average Bonchev–Trinajstić information content (AvgIpc) is 1.44. The van der Waals surface area contributed by atoms with E-state index in [-0.39, 0.29) is 0 Å². The van der Waals surface area contributed by atoms with Crippen molar-refractivity contribution in [3.8, 4) is 0 Å². The molecule has 0 atom stereocenters. The zero-order valence-corrected chi connectivity index (χ0v) is 6.19. The minimum atomic E-state index is -2.08. The van der Waals surface area contributed by atoms with Crippen LogP contribution >= 0.6 is 0 Å². The van der Waals surface area contributed by atoms with E-state index in [9.17, 15) is 0 Å². The Morgan fingerprint density at radius 3 is 0.833 bits per heavy atom. The summed E-state index contributed by atoms with van der Waals surface area (Å²) >= 11 is 0. The largest absolute Gasteiger partial charge is 0.295 e. The number of hydrogen-bond donors (Lipinski definition) is 6. The quantitative estimate of drug-likeness (QED) is 0.200. The topological polar surface area (TPSA) is 184 Å². The Balaban J connectivity index is 2.81. The van der Waals surface area contributed by atoms with Gasteiger partial charge in [0.25, 0.3) is 18.1 Å². The highest BCUT2D eigenvalue weighted by molar-refractivity contribution is 4.68.